The average molecular weight is 409 g/mol. The fourth-order valence-corrected chi connectivity index (χ4v) is 4.71. The van der Waals surface area contributed by atoms with Crippen molar-refractivity contribution in [3.8, 4) is 5.75 Å². The van der Waals surface area contributed by atoms with Gasteiger partial charge in [-0.05, 0) is 56.2 Å². The van der Waals surface area contributed by atoms with E-state index in [1.54, 1.807) is 4.90 Å². The van der Waals surface area contributed by atoms with Gasteiger partial charge in [-0.15, -0.1) is 0 Å². The molecule has 8 heteroatoms. The fourth-order valence-electron chi connectivity index (χ4n) is 4.71. The zero-order valence-corrected chi connectivity index (χ0v) is 17.0. The van der Waals surface area contributed by atoms with Gasteiger partial charge in [0, 0.05) is 13.1 Å². The van der Waals surface area contributed by atoms with Crippen LogP contribution in [0.2, 0.25) is 0 Å². The van der Waals surface area contributed by atoms with Crippen molar-refractivity contribution >= 4 is 17.6 Å². The molecule has 1 fully saturated rings. The van der Waals surface area contributed by atoms with Crippen LogP contribution in [0.25, 0.3) is 0 Å². The zero-order valence-electron chi connectivity index (χ0n) is 17.0. The second kappa shape index (κ2) is 8.01. The third kappa shape index (κ3) is 3.51. The molecule has 2 atom stereocenters. The van der Waals surface area contributed by atoms with Gasteiger partial charge in [0.05, 0.1) is 30.2 Å². The first-order chi connectivity index (χ1) is 14.7. The Kier molecular flexibility index (Phi) is 5.06. The molecule has 3 aliphatic rings. The number of hydrogen-bond donors (Lipinski definition) is 2. The largest absolute Gasteiger partial charge is 0.476 e. The van der Waals surface area contributed by atoms with Crippen LogP contribution in [0.15, 0.2) is 30.5 Å². The number of nitrogens with zero attached hydrogens (tertiary/aromatic N) is 3. The van der Waals surface area contributed by atoms with Crippen molar-refractivity contribution in [1.82, 2.24) is 20.4 Å². The molecule has 1 aliphatic carbocycles. The number of para-hydroxylation sites is 2. The van der Waals surface area contributed by atoms with Crippen molar-refractivity contribution in [2.24, 2.45) is 0 Å². The van der Waals surface area contributed by atoms with E-state index in [0.717, 1.165) is 62.9 Å². The topological polar surface area (TPSA) is 90.6 Å². The van der Waals surface area contributed by atoms with E-state index in [0.29, 0.717) is 11.4 Å². The second-order valence-corrected chi connectivity index (χ2v) is 8.27. The highest BCUT2D eigenvalue weighted by atomic mass is 16.5. The van der Waals surface area contributed by atoms with Gasteiger partial charge >= 0.3 is 6.03 Å². The molecule has 0 saturated carbocycles. The SMILES string of the molecule is O=C(C1CN(C(=O)NC2CCCc3cn[nH]c32)c2ccccc2O1)N1CCCCC1. The summed E-state index contributed by atoms with van der Waals surface area (Å²) >= 11 is 0. The number of H-pyrrole nitrogens is 1. The van der Waals surface area contributed by atoms with Crippen molar-refractivity contribution < 1.29 is 14.3 Å². The zero-order chi connectivity index (χ0) is 20.5. The van der Waals surface area contributed by atoms with Crippen LogP contribution in [-0.4, -0.2) is 52.8 Å². The Hall–Kier alpha value is -3.03. The summed E-state index contributed by atoms with van der Waals surface area (Å²) in [5.41, 5.74) is 2.84. The maximum atomic E-state index is 13.3. The van der Waals surface area contributed by atoms with E-state index in [9.17, 15) is 9.59 Å². The summed E-state index contributed by atoms with van der Waals surface area (Å²) in [5, 5.41) is 10.3. The quantitative estimate of drug-likeness (QED) is 0.798. The maximum Gasteiger partial charge on any atom is 0.322 e. The summed E-state index contributed by atoms with van der Waals surface area (Å²) in [5.74, 6) is 0.538. The maximum absolute atomic E-state index is 13.3. The average Bonchev–Trinajstić information content (AvgIpc) is 3.28. The van der Waals surface area contributed by atoms with Gasteiger partial charge in [-0.3, -0.25) is 14.8 Å². The number of likely N-dealkylation sites (tertiary alicyclic amines) is 1. The lowest BCUT2D eigenvalue weighted by molar-refractivity contribution is -0.139. The van der Waals surface area contributed by atoms with Crippen molar-refractivity contribution in [2.45, 2.75) is 50.7 Å². The first kappa shape index (κ1) is 19.0. The van der Waals surface area contributed by atoms with Crippen LogP contribution in [0.1, 0.15) is 49.4 Å². The number of aromatic nitrogens is 2. The molecule has 1 aromatic carbocycles. The number of nitrogens with one attached hydrogen (secondary N) is 2. The van der Waals surface area contributed by atoms with Gasteiger partial charge in [0.25, 0.3) is 5.91 Å². The van der Waals surface area contributed by atoms with E-state index in [1.807, 2.05) is 35.4 Å². The van der Waals surface area contributed by atoms with E-state index < -0.39 is 6.10 Å². The molecule has 0 spiro atoms. The molecule has 0 bridgehead atoms. The van der Waals surface area contributed by atoms with Crippen molar-refractivity contribution in [3.63, 3.8) is 0 Å². The smallest absolute Gasteiger partial charge is 0.322 e. The number of hydrogen-bond acceptors (Lipinski definition) is 4. The Morgan fingerprint density at radius 2 is 1.97 bits per heavy atom. The number of carbonyl (C=O) groups is 2. The van der Waals surface area contributed by atoms with Gasteiger partial charge in [0.1, 0.15) is 5.75 Å². The van der Waals surface area contributed by atoms with Crippen LogP contribution in [0, 0.1) is 0 Å². The van der Waals surface area contributed by atoms with Crippen LogP contribution in [0.4, 0.5) is 10.5 Å². The van der Waals surface area contributed by atoms with Gasteiger partial charge in [-0.2, -0.15) is 5.10 Å². The molecule has 5 rings (SSSR count). The highest BCUT2D eigenvalue weighted by Crippen LogP contribution is 2.35. The summed E-state index contributed by atoms with van der Waals surface area (Å²) in [6, 6.07) is 7.10. The fraction of sp³-hybridized carbons (Fsp3) is 0.500. The summed E-state index contributed by atoms with van der Waals surface area (Å²) < 4.78 is 6.03. The summed E-state index contributed by atoms with van der Waals surface area (Å²) in [6.07, 6.45) is 7.20. The Balaban J connectivity index is 1.36. The first-order valence-electron chi connectivity index (χ1n) is 10.9. The molecule has 2 N–H and O–H groups in total. The Morgan fingerprint density at radius 3 is 2.83 bits per heavy atom. The Morgan fingerprint density at radius 1 is 1.13 bits per heavy atom. The van der Waals surface area contributed by atoms with E-state index in [4.69, 9.17) is 4.74 Å². The standard InChI is InChI=1S/C22H27N5O3/c28-21(26-11-4-1-5-12-26)19-14-27(17-9-2-3-10-18(17)30-19)22(29)24-16-8-6-7-15-13-23-25-20(15)16/h2-3,9-10,13,16,19H,1,4-8,11-12,14H2,(H,23,25)(H,24,29). The summed E-state index contributed by atoms with van der Waals surface area (Å²) in [7, 11) is 0. The molecule has 2 aromatic rings. The molecule has 1 saturated heterocycles. The number of aryl methyl sites for hydroxylation is 1. The lowest BCUT2D eigenvalue weighted by Gasteiger charge is -2.38. The minimum atomic E-state index is -0.683. The van der Waals surface area contributed by atoms with Crippen LogP contribution < -0.4 is 15.0 Å². The normalized spacial score (nSPS) is 23.2. The van der Waals surface area contributed by atoms with E-state index in [-0.39, 0.29) is 24.5 Å². The first-order valence-corrected chi connectivity index (χ1v) is 10.9. The molecule has 0 radical (unpaired) electrons. The minimum Gasteiger partial charge on any atom is -0.476 e. The lowest BCUT2D eigenvalue weighted by atomic mass is 9.94. The van der Waals surface area contributed by atoms with Crippen LogP contribution in [0.5, 0.6) is 5.75 Å². The number of ether oxygens (including phenoxy) is 1. The monoisotopic (exact) mass is 409 g/mol. The van der Waals surface area contributed by atoms with Gasteiger partial charge in [0.2, 0.25) is 0 Å². The number of benzene rings is 1. The minimum absolute atomic E-state index is 0.0319. The Labute approximate surface area is 175 Å². The molecule has 1 aromatic heterocycles. The molecule has 2 unspecified atom stereocenters. The van der Waals surface area contributed by atoms with E-state index in [1.165, 1.54) is 0 Å². The predicted octanol–water partition coefficient (Wildman–Crippen LogP) is 2.78. The third-order valence-corrected chi connectivity index (χ3v) is 6.30. The number of anilines is 1. The van der Waals surface area contributed by atoms with Crippen LogP contribution in [0.3, 0.4) is 0 Å². The number of rotatable bonds is 2. The highest BCUT2D eigenvalue weighted by Gasteiger charge is 2.37. The molecular formula is C22H27N5O3. The van der Waals surface area contributed by atoms with E-state index >= 15 is 0 Å². The highest BCUT2D eigenvalue weighted by molar-refractivity contribution is 5.96. The van der Waals surface area contributed by atoms with Gasteiger partial charge in [-0.25, -0.2) is 4.79 Å². The number of aromatic amines is 1. The number of fused-ring (bicyclic) bond motifs is 2. The molecular weight excluding hydrogens is 382 g/mol. The van der Waals surface area contributed by atoms with Gasteiger partial charge < -0.3 is 15.0 Å². The predicted molar refractivity (Wildman–Crippen MR) is 111 cm³/mol. The third-order valence-electron chi connectivity index (χ3n) is 6.30. The van der Waals surface area contributed by atoms with Crippen LogP contribution >= 0.6 is 0 Å². The number of carbonyl (C=O) groups excluding carboxylic acids is 2. The van der Waals surface area contributed by atoms with Crippen molar-refractivity contribution in [2.75, 3.05) is 24.5 Å². The lowest BCUT2D eigenvalue weighted by Crippen LogP contribution is -2.55. The summed E-state index contributed by atoms with van der Waals surface area (Å²) in [4.78, 5) is 29.9. The molecule has 158 valence electrons. The molecule has 2 aliphatic heterocycles. The number of piperidine rings is 1. The molecule has 30 heavy (non-hydrogen) atoms. The molecule has 3 heterocycles. The molecule has 8 nitrogen and oxygen atoms in total. The number of amides is 3. The van der Waals surface area contributed by atoms with Crippen LogP contribution in [-0.2, 0) is 11.2 Å². The van der Waals surface area contributed by atoms with Crippen molar-refractivity contribution in [1.29, 1.82) is 0 Å². The number of urea groups is 1. The summed E-state index contributed by atoms with van der Waals surface area (Å²) in [6.45, 7) is 1.73. The van der Waals surface area contributed by atoms with Crippen molar-refractivity contribution in [3.05, 3.63) is 41.7 Å². The second-order valence-electron chi connectivity index (χ2n) is 8.27. The van der Waals surface area contributed by atoms with Gasteiger partial charge in [0.15, 0.2) is 6.10 Å². The van der Waals surface area contributed by atoms with E-state index in [2.05, 4.69) is 15.5 Å². The molecule has 3 amide bonds. The van der Waals surface area contributed by atoms with Gasteiger partial charge in [-0.1, -0.05) is 12.1 Å². The Bertz CT molecular complexity index is 936.